The van der Waals surface area contributed by atoms with Gasteiger partial charge in [-0.3, -0.25) is 15.0 Å². The van der Waals surface area contributed by atoms with Crippen molar-refractivity contribution >= 4 is 35.0 Å². The van der Waals surface area contributed by atoms with E-state index < -0.39 is 29.3 Å². The van der Waals surface area contributed by atoms with Crippen LogP contribution in [0.4, 0.5) is 5.69 Å². The Hall–Kier alpha value is -3.23. The van der Waals surface area contributed by atoms with Crippen LogP contribution in [0, 0.1) is 0 Å². The normalized spacial score (nSPS) is 10.6. The van der Waals surface area contributed by atoms with Gasteiger partial charge in [0.05, 0.1) is 31.0 Å². The number of esters is 2. The Labute approximate surface area is 138 Å². The van der Waals surface area contributed by atoms with Crippen LogP contribution in [-0.4, -0.2) is 50.6 Å². The molecule has 2 N–H and O–H groups in total. The third-order valence-corrected chi connectivity index (χ3v) is 2.91. The second-order valence-corrected chi connectivity index (χ2v) is 4.45. The number of benzene rings is 1. The molecule has 1 amide bonds. The van der Waals surface area contributed by atoms with Crippen LogP contribution in [0.2, 0.25) is 0 Å². The molecule has 24 heavy (non-hydrogen) atoms. The average Bonchev–Trinajstić information content (AvgIpc) is 2.59. The molecule has 0 aliphatic carbocycles. The van der Waals surface area contributed by atoms with E-state index in [9.17, 15) is 19.2 Å². The van der Waals surface area contributed by atoms with E-state index in [1.165, 1.54) is 46.4 Å². The Bertz CT molecular complexity index is 711. The second kappa shape index (κ2) is 8.42. The van der Waals surface area contributed by atoms with E-state index in [2.05, 4.69) is 25.3 Å². The number of carbonyl (C=O) groups excluding carboxylic acids is 4. The molecule has 0 spiro atoms. The Morgan fingerprint density at radius 1 is 1.04 bits per heavy atom. The molecule has 0 saturated carbocycles. The number of nitrogens with one attached hydrogen (secondary N) is 2. The highest BCUT2D eigenvalue weighted by atomic mass is 16.5. The molecule has 1 aromatic rings. The molecule has 0 atom stereocenters. The smallest absolute Gasteiger partial charge is 0.340 e. The van der Waals surface area contributed by atoms with Gasteiger partial charge in [-0.15, -0.1) is 0 Å². The predicted octanol–water partition coefficient (Wildman–Crippen LogP) is 0.363. The highest BCUT2D eigenvalue weighted by Crippen LogP contribution is 2.20. The van der Waals surface area contributed by atoms with Gasteiger partial charge in [-0.25, -0.2) is 9.59 Å². The Balaban J connectivity index is 3.32. The van der Waals surface area contributed by atoms with Crippen LogP contribution in [0.1, 0.15) is 27.6 Å². The zero-order valence-corrected chi connectivity index (χ0v) is 13.6. The summed E-state index contributed by atoms with van der Waals surface area (Å²) in [6.07, 6.45) is 0. The lowest BCUT2D eigenvalue weighted by atomic mass is 10.1. The first-order valence-corrected chi connectivity index (χ1v) is 6.73. The summed E-state index contributed by atoms with van der Waals surface area (Å²) in [5.41, 5.74) is 2.34. The van der Waals surface area contributed by atoms with Crippen LogP contribution in [0.3, 0.4) is 0 Å². The van der Waals surface area contributed by atoms with E-state index in [-0.39, 0.29) is 16.8 Å². The van der Waals surface area contributed by atoms with Crippen molar-refractivity contribution in [3.8, 4) is 0 Å². The van der Waals surface area contributed by atoms with E-state index in [0.717, 1.165) is 0 Å². The lowest BCUT2D eigenvalue weighted by molar-refractivity contribution is -0.117. The molecule has 0 radical (unpaired) electrons. The van der Waals surface area contributed by atoms with Crippen LogP contribution in [-0.2, 0) is 19.1 Å². The van der Waals surface area contributed by atoms with Crippen molar-refractivity contribution < 1.29 is 28.7 Å². The standard InChI is InChI=1S/C15H17N3O6/c1-8(19)12(13(20)16-2)18-17-11-7-9(14(21)23-3)5-6-10(11)15(22)24-4/h5-7,17H,1-4H3,(H,16,20)/b18-12+. The van der Waals surface area contributed by atoms with E-state index in [1.807, 2.05) is 0 Å². The third-order valence-electron chi connectivity index (χ3n) is 2.91. The Morgan fingerprint density at radius 2 is 1.67 bits per heavy atom. The first-order chi connectivity index (χ1) is 11.3. The van der Waals surface area contributed by atoms with Gasteiger partial charge in [-0.2, -0.15) is 5.10 Å². The summed E-state index contributed by atoms with van der Waals surface area (Å²) in [5.74, 6) is -2.59. The maximum Gasteiger partial charge on any atom is 0.340 e. The summed E-state index contributed by atoms with van der Waals surface area (Å²) in [6.45, 7) is 1.17. The number of nitrogens with zero attached hydrogens (tertiary/aromatic N) is 1. The number of ketones is 1. The van der Waals surface area contributed by atoms with Gasteiger partial charge in [0.2, 0.25) is 0 Å². The number of methoxy groups -OCH3 is 2. The van der Waals surface area contributed by atoms with Crippen molar-refractivity contribution in [3.05, 3.63) is 29.3 Å². The van der Waals surface area contributed by atoms with Crippen LogP contribution in [0.15, 0.2) is 23.3 Å². The van der Waals surface area contributed by atoms with E-state index in [4.69, 9.17) is 0 Å². The average molecular weight is 335 g/mol. The number of hydrogen-bond donors (Lipinski definition) is 2. The van der Waals surface area contributed by atoms with E-state index in [0.29, 0.717) is 0 Å². The maximum absolute atomic E-state index is 11.8. The highest BCUT2D eigenvalue weighted by Gasteiger charge is 2.18. The fourth-order valence-corrected chi connectivity index (χ4v) is 1.69. The van der Waals surface area contributed by atoms with Crippen molar-refractivity contribution in [2.75, 3.05) is 26.7 Å². The number of Topliss-reactive ketones (excluding diaryl/α,β-unsaturated/α-hetero) is 1. The lowest BCUT2D eigenvalue weighted by Gasteiger charge is -2.10. The number of amides is 1. The minimum Gasteiger partial charge on any atom is -0.465 e. The molecular weight excluding hydrogens is 318 g/mol. The van der Waals surface area contributed by atoms with Crippen LogP contribution >= 0.6 is 0 Å². The van der Waals surface area contributed by atoms with Gasteiger partial charge >= 0.3 is 11.9 Å². The third kappa shape index (κ3) is 4.38. The molecular formula is C15H17N3O6. The number of rotatable bonds is 6. The van der Waals surface area contributed by atoms with Crippen LogP contribution in [0.5, 0.6) is 0 Å². The molecule has 0 aliphatic heterocycles. The van der Waals surface area contributed by atoms with Crippen molar-refractivity contribution in [3.63, 3.8) is 0 Å². The van der Waals surface area contributed by atoms with Crippen LogP contribution in [0.25, 0.3) is 0 Å². The van der Waals surface area contributed by atoms with Gasteiger partial charge in [0.1, 0.15) is 0 Å². The molecule has 0 aliphatic rings. The summed E-state index contributed by atoms with van der Waals surface area (Å²) in [6, 6.07) is 4.00. The molecule has 128 valence electrons. The quantitative estimate of drug-likeness (QED) is 0.333. The van der Waals surface area contributed by atoms with Gasteiger partial charge in [0, 0.05) is 14.0 Å². The van der Waals surface area contributed by atoms with Gasteiger partial charge in [0.25, 0.3) is 5.91 Å². The van der Waals surface area contributed by atoms with Crippen molar-refractivity contribution in [1.82, 2.24) is 5.32 Å². The van der Waals surface area contributed by atoms with Gasteiger partial charge in [-0.05, 0) is 18.2 Å². The summed E-state index contributed by atoms with van der Waals surface area (Å²) >= 11 is 0. The number of anilines is 1. The van der Waals surface area contributed by atoms with E-state index >= 15 is 0 Å². The topological polar surface area (TPSA) is 123 Å². The Kier molecular flexibility index (Phi) is 6.60. The molecule has 0 aromatic heterocycles. The molecule has 1 aromatic carbocycles. The minimum absolute atomic E-state index is 0.0636. The predicted molar refractivity (Wildman–Crippen MR) is 84.9 cm³/mol. The van der Waals surface area contributed by atoms with Crippen molar-refractivity contribution in [2.45, 2.75) is 6.92 Å². The second-order valence-electron chi connectivity index (χ2n) is 4.45. The minimum atomic E-state index is -0.696. The molecule has 0 fully saturated rings. The van der Waals surface area contributed by atoms with E-state index in [1.54, 1.807) is 0 Å². The van der Waals surface area contributed by atoms with Crippen molar-refractivity contribution in [2.24, 2.45) is 5.10 Å². The molecule has 0 saturated heterocycles. The first-order valence-electron chi connectivity index (χ1n) is 6.73. The van der Waals surface area contributed by atoms with Crippen molar-refractivity contribution in [1.29, 1.82) is 0 Å². The maximum atomic E-state index is 11.8. The fourth-order valence-electron chi connectivity index (χ4n) is 1.69. The van der Waals surface area contributed by atoms with Gasteiger partial charge in [0.15, 0.2) is 11.5 Å². The van der Waals surface area contributed by atoms with Gasteiger partial charge in [-0.1, -0.05) is 0 Å². The number of ether oxygens (including phenoxy) is 2. The highest BCUT2D eigenvalue weighted by molar-refractivity contribution is 6.65. The zero-order valence-electron chi connectivity index (χ0n) is 13.6. The number of hydrogen-bond acceptors (Lipinski definition) is 8. The number of hydrazone groups is 1. The summed E-state index contributed by atoms with van der Waals surface area (Å²) < 4.78 is 9.24. The largest absolute Gasteiger partial charge is 0.465 e. The molecule has 1 rings (SSSR count). The summed E-state index contributed by atoms with van der Waals surface area (Å²) in [4.78, 5) is 46.4. The molecule has 0 bridgehead atoms. The summed E-state index contributed by atoms with van der Waals surface area (Å²) in [5, 5.41) is 5.99. The Morgan fingerprint density at radius 3 is 2.17 bits per heavy atom. The molecule has 0 unspecified atom stereocenters. The molecule has 0 heterocycles. The molecule has 9 heteroatoms. The summed E-state index contributed by atoms with van der Waals surface area (Å²) in [7, 11) is 3.74. The zero-order chi connectivity index (χ0) is 18.3. The monoisotopic (exact) mass is 335 g/mol. The molecule has 9 nitrogen and oxygen atoms in total. The SMILES string of the molecule is CNC(=O)/C(=N/Nc1cc(C(=O)OC)ccc1C(=O)OC)C(C)=O. The lowest BCUT2D eigenvalue weighted by Crippen LogP contribution is -2.33. The first kappa shape index (κ1) is 18.8. The fraction of sp³-hybridized carbons (Fsp3) is 0.267. The van der Waals surface area contributed by atoms with Crippen LogP contribution < -0.4 is 10.7 Å². The van der Waals surface area contributed by atoms with Gasteiger partial charge < -0.3 is 14.8 Å². The number of carbonyl (C=O) groups is 4.